The summed E-state index contributed by atoms with van der Waals surface area (Å²) in [6, 6.07) is 0. The predicted molar refractivity (Wildman–Crippen MR) is 76.1 cm³/mol. The van der Waals surface area contributed by atoms with Crippen molar-refractivity contribution in [3.63, 3.8) is 0 Å². The molecule has 0 aromatic heterocycles. The van der Waals surface area contributed by atoms with Gasteiger partial charge in [0.2, 0.25) is 0 Å². The van der Waals surface area contributed by atoms with E-state index in [0.29, 0.717) is 0 Å². The molecule has 0 spiro atoms. The predicted octanol–water partition coefficient (Wildman–Crippen LogP) is -3.00. The Morgan fingerprint density at radius 3 is 1.00 bits per heavy atom. The van der Waals surface area contributed by atoms with Gasteiger partial charge in [-0.05, 0) is 20.8 Å². The second kappa shape index (κ2) is 62.8. The minimum atomic E-state index is -0.833. The summed E-state index contributed by atoms with van der Waals surface area (Å²) in [7, 11) is 1.35. The van der Waals surface area contributed by atoms with E-state index in [9.17, 15) is 4.79 Å². The zero-order chi connectivity index (χ0) is 16.0. The summed E-state index contributed by atoms with van der Waals surface area (Å²) in [5.41, 5.74) is 0. The molecule has 0 aliphatic heterocycles. The van der Waals surface area contributed by atoms with Crippen molar-refractivity contribution in [3.05, 3.63) is 0 Å². The van der Waals surface area contributed by atoms with E-state index in [1.54, 1.807) is 20.8 Å². The molecule has 3 radical (unpaired) electrons. The molecular formula is C11H29BLiO7. The molecule has 0 heterocycles. The van der Waals surface area contributed by atoms with Crippen LogP contribution in [0.25, 0.3) is 0 Å². The van der Waals surface area contributed by atoms with Gasteiger partial charge in [0, 0.05) is 42.1 Å². The first-order chi connectivity index (χ1) is 8.24. The Kier molecular flexibility index (Phi) is 134. The molecule has 0 aliphatic carbocycles. The third-order valence-electron chi connectivity index (χ3n) is 0.287. The van der Waals surface area contributed by atoms with E-state index in [-0.39, 0.29) is 54.5 Å². The van der Waals surface area contributed by atoms with Crippen LogP contribution in [0.3, 0.4) is 0 Å². The maximum atomic E-state index is 9.59. The Hall–Kier alpha value is -0.518. The molecule has 9 heteroatoms. The van der Waals surface area contributed by atoms with Gasteiger partial charge >= 0.3 is 24.8 Å². The third-order valence-corrected chi connectivity index (χ3v) is 0.287. The first-order valence-corrected chi connectivity index (χ1v) is 5.31. The normalized spacial score (nSPS) is 5.65. The van der Waals surface area contributed by atoms with Gasteiger partial charge in [-0.3, -0.25) is 9.59 Å². The van der Waals surface area contributed by atoms with Crippen LogP contribution in [0.15, 0.2) is 0 Å². The minimum Gasteiger partial charge on any atom is -1.00 e. The average molecular weight is 291 g/mol. The summed E-state index contributed by atoms with van der Waals surface area (Å²) < 4.78 is 4.11. The maximum absolute atomic E-state index is 9.59. The summed E-state index contributed by atoms with van der Waals surface area (Å²) in [5, 5.41) is 30.1. The number of carbonyl (C=O) groups is 2. The van der Waals surface area contributed by atoms with E-state index in [2.05, 4.69) is 4.74 Å². The van der Waals surface area contributed by atoms with E-state index in [1.165, 1.54) is 14.0 Å². The van der Waals surface area contributed by atoms with Crippen molar-refractivity contribution in [3.8, 4) is 0 Å². The Labute approximate surface area is 137 Å². The maximum Gasteiger partial charge on any atom is 1.00 e. The average Bonchev–Trinajstić information content (AvgIpc) is 2.20. The number of aliphatic carboxylic acids is 1. The number of aliphatic hydroxyl groups excluding tert-OH is 3. The molecule has 0 atom stereocenters. The summed E-state index contributed by atoms with van der Waals surface area (Å²) >= 11 is 0. The summed E-state index contributed by atoms with van der Waals surface area (Å²) in [6.45, 7) is 8.24. The molecule has 20 heavy (non-hydrogen) atoms. The second-order valence-electron chi connectivity index (χ2n) is 2.16. The van der Waals surface area contributed by atoms with Gasteiger partial charge in [0.1, 0.15) is 0 Å². The molecule has 119 valence electrons. The van der Waals surface area contributed by atoms with Gasteiger partial charge in [0.25, 0.3) is 5.97 Å². The largest absolute Gasteiger partial charge is 1.00 e. The van der Waals surface area contributed by atoms with E-state index >= 15 is 0 Å². The first-order valence-electron chi connectivity index (χ1n) is 5.31. The van der Waals surface area contributed by atoms with Gasteiger partial charge in [-0.1, -0.05) is 0 Å². The van der Waals surface area contributed by atoms with Gasteiger partial charge < -0.3 is 26.6 Å². The number of methoxy groups -OCH3 is 1. The Morgan fingerprint density at radius 1 is 0.950 bits per heavy atom. The van der Waals surface area contributed by atoms with Crippen molar-refractivity contribution in [2.45, 2.75) is 34.6 Å². The topological polar surface area (TPSA) is 124 Å². The fourth-order valence-electron chi connectivity index (χ4n) is 0. The number of carboxylic acid groups (broad SMARTS) is 1. The number of hydrogen-bond acceptors (Lipinski definition) is 6. The molecule has 0 aliphatic rings. The summed E-state index contributed by atoms with van der Waals surface area (Å²) in [5.74, 6) is -1.08. The Morgan fingerprint density at radius 2 is 1.00 bits per heavy atom. The molecule has 0 saturated heterocycles. The monoisotopic (exact) mass is 291 g/mol. The van der Waals surface area contributed by atoms with Crippen LogP contribution in [0.4, 0.5) is 0 Å². The number of esters is 1. The van der Waals surface area contributed by atoms with Crippen molar-refractivity contribution in [1.29, 1.82) is 0 Å². The van der Waals surface area contributed by atoms with Crippen molar-refractivity contribution in [2.24, 2.45) is 0 Å². The van der Waals surface area contributed by atoms with Crippen molar-refractivity contribution in [1.82, 2.24) is 0 Å². The van der Waals surface area contributed by atoms with E-state index in [4.69, 9.17) is 25.2 Å². The number of carbonyl (C=O) groups excluding carboxylic acids is 1. The fraction of sp³-hybridized carbons (Fsp3) is 0.818. The van der Waals surface area contributed by atoms with E-state index < -0.39 is 5.97 Å². The molecule has 0 aromatic carbocycles. The number of hydrogen-bond donors (Lipinski definition) is 4. The first kappa shape index (κ1) is 42.7. The van der Waals surface area contributed by atoms with Crippen LogP contribution in [-0.2, 0) is 14.3 Å². The second-order valence-corrected chi connectivity index (χ2v) is 2.16. The molecule has 0 fully saturated rings. The van der Waals surface area contributed by atoms with Crippen LogP contribution in [0.1, 0.15) is 36.0 Å². The third kappa shape index (κ3) is 2160. The van der Waals surface area contributed by atoms with Crippen LogP contribution < -0.4 is 18.9 Å². The van der Waals surface area contributed by atoms with Crippen LogP contribution in [0.5, 0.6) is 0 Å². The SMILES string of the molecule is CC(=O)O.CCO.CCO.CCO.COC(C)=O.[B].[H-].[Li+]. The number of carboxylic acids is 1. The van der Waals surface area contributed by atoms with Gasteiger partial charge in [-0.15, -0.1) is 0 Å². The van der Waals surface area contributed by atoms with Gasteiger partial charge in [-0.25, -0.2) is 0 Å². The zero-order valence-electron chi connectivity index (χ0n) is 14.7. The quantitative estimate of drug-likeness (QED) is 0.277. The summed E-state index contributed by atoms with van der Waals surface area (Å²) in [6.07, 6.45) is 0. The molecule has 7 nitrogen and oxygen atoms in total. The number of ether oxygens (including phenoxy) is 1. The fourth-order valence-corrected chi connectivity index (χ4v) is 0. The zero-order valence-corrected chi connectivity index (χ0v) is 13.7. The summed E-state index contributed by atoms with van der Waals surface area (Å²) in [4.78, 5) is 18.6. The van der Waals surface area contributed by atoms with Crippen LogP contribution >= 0.6 is 0 Å². The van der Waals surface area contributed by atoms with Crippen LogP contribution in [0, 0.1) is 0 Å². The molecule has 0 rings (SSSR count). The number of rotatable bonds is 0. The Bertz CT molecular complexity index is 146. The van der Waals surface area contributed by atoms with Crippen LogP contribution in [0.2, 0.25) is 0 Å². The number of aliphatic hydroxyl groups is 3. The van der Waals surface area contributed by atoms with Gasteiger partial charge in [0.05, 0.1) is 7.11 Å². The van der Waals surface area contributed by atoms with Crippen LogP contribution in [-0.4, -0.2) is 67.7 Å². The molecule has 0 aromatic rings. The van der Waals surface area contributed by atoms with E-state index in [1.807, 2.05) is 0 Å². The van der Waals surface area contributed by atoms with Crippen molar-refractivity contribution >= 4 is 20.4 Å². The molecule has 0 saturated carbocycles. The van der Waals surface area contributed by atoms with Crippen molar-refractivity contribution in [2.75, 3.05) is 26.9 Å². The molecule has 4 N–H and O–H groups in total. The smallest absolute Gasteiger partial charge is 1.00 e. The Balaban J connectivity index is -0.0000000165. The minimum absolute atomic E-state index is 0. The standard InChI is InChI=1S/C3H6O2.C2H4O2.3C2H6O.B.Li.H/c1-3(4)5-2;1-2(3)4;3*1-2-3;;;/h1-2H3;1H3,(H,3,4);3*3H,2H2,1H3;;;/q;;;;;;+1;-1. The van der Waals surface area contributed by atoms with Gasteiger partial charge in [0.15, 0.2) is 0 Å². The van der Waals surface area contributed by atoms with E-state index in [0.717, 1.165) is 6.92 Å². The van der Waals surface area contributed by atoms with Crippen molar-refractivity contribution < 1.29 is 55.0 Å². The molecule has 0 amide bonds. The molecule has 0 unspecified atom stereocenters. The van der Waals surface area contributed by atoms with Gasteiger partial charge in [-0.2, -0.15) is 0 Å². The molecular weight excluding hydrogens is 262 g/mol. The molecule has 0 bridgehead atoms.